The summed E-state index contributed by atoms with van der Waals surface area (Å²) in [5, 5.41) is 2.02. The van der Waals surface area contributed by atoms with Crippen LogP contribution in [0.3, 0.4) is 0 Å². The molecule has 8 heteroatoms. The number of methoxy groups -OCH3 is 1. The average molecular weight is 472 g/mol. The number of carbonyl (C=O) groups is 1. The van der Waals surface area contributed by atoms with Gasteiger partial charge in [0.2, 0.25) is 10.0 Å². The monoisotopic (exact) mass is 471 g/mol. The number of hydrazine groups is 1. The highest BCUT2D eigenvalue weighted by Gasteiger charge is 2.43. The fourth-order valence-electron chi connectivity index (χ4n) is 4.67. The highest BCUT2D eigenvalue weighted by molar-refractivity contribution is 7.89. The van der Waals surface area contributed by atoms with Gasteiger partial charge in [-0.1, -0.05) is 32.9 Å². The predicted molar refractivity (Wildman–Crippen MR) is 127 cm³/mol. The second-order valence-corrected chi connectivity index (χ2v) is 12.0. The predicted octanol–water partition coefficient (Wildman–Crippen LogP) is 3.47. The number of nitrogens with one attached hydrogen (secondary N) is 1. The molecule has 0 spiro atoms. The zero-order chi connectivity index (χ0) is 24.1. The number of esters is 1. The first-order chi connectivity index (χ1) is 15.4. The van der Waals surface area contributed by atoms with Gasteiger partial charge in [0.25, 0.3) is 0 Å². The number of fused-ring (bicyclic) bond motifs is 1. The highest BCUT2D eigenvalue weighted by atomic mass is 32.2. The molecular formula is C25H33N3O4S. The van der Waals surface area contributed by atoms with Crippen LogP contribution < -0.4 is 5.43 Å². The molecule has 1 aliphatic carbocycles. The largest absolute Gasteiger partial charge is 0.468 e. The molecule has 0 unspecified atom stereocenters. The molecule has 4 rings (SSSR count). The lowest BCUT2D eigenvalue weighted by Gasteiger charge is -2.37. The zero-order valence-corrected chi connectivity index (χ0v) is 21.0. The number of sulfonamides is 1. The quantitative estimate of drug-likeness (QED) is 0.678. The van der Waals surface area contributed by atoms with Crippen molar-refractivity contribution in [3.05, 3.63) is 64.5 Å². The van der Waals surface area contributed by atoms with Gasteiger partial charge in [0, 0.05) is 30.9 Å². The minimum Gasteiger partial charge on any atom is -0.468 e. The molecule has 0 aromatic heterocycles. The van der Waals surface area contributed by atoms with Gasteiger partial charge in [0.1, 0.15) is 5.92 Å². The third kappa shape index (κ3) is 4.10. The van der Waals surface area contributed by atoms with Gasteiger partial charge < -0.3 is 10.2 Å². The topological polar surface area (TPSA) is 79.0 Å². The smallest absolute Gasteiger partial charge is 0.317 e. The Hall–Kier alpha value is -2.58. The minimum absolute atomic E-state index is 0.0556. The Balaban J connectivity index is 1.68. The Kier molecular flexibility index (Phi) is 5.95. The van der Waals surface area contributed by atoms with E-state index in [1.165, 1.54) is 11.4 Å². The van der Waals surface area contributed by atoms with Crippen molar-refractivity contribution in [1.82, 2.24) is 14.7 Å². The second kappa shape index (κ2) is 8.33. The number of nitrogens with zero attached hydrogens (tertiary/aromatic N) is 2. The van der Waals surface area contributed by atoms with Gasteiger partial charge in [-0.15, -0.1) is 0 Å². The van der Waals surface area contributed by atoms with E-state index in [4.69, 9.17) is 4.74 Å². The van der Waals surface area contributed by atoms with Gasteiger partial charge in [0.15, 0.2) is 0 Å². The van der Waals surface area contributed by atoms with Crippen LogP contribution in [0.4, 0.5) is 0 Å². The molecule has 1 atom stereocenters. The minimum atomic E-state index is -3.70. The fourth-order valence-corrected chi connectivity index (χ4v) is 6.09. The van der Waals surface area contributed by atoms with E-state index in [-0.39, 0.29) is 28.9 Å². The first-order valence-electron chi connectivity index (χ1n) is 11.3. The van der Waals surface area contributed by atoms with Gasteiger partial charge in [-0.2, -0.15) is 4.31 Å². The van der Waals surface area contributed by atoms with Crippen LogP contribution in [0, 0.1) is 5.92 Å². The molecule has 2 aliphatic heterocycles. The van der Waals surface area contributed by atoms with Crippen LogP contribution in [-0.4, -0.2) is 49.9 Å². The van der Waals surface area contributed by atoms with Crippen molar-refractivity contribution in [2.45, 2.75) is 57.4 Å². The van der Waals surface area contributed by atoms with Crippen LogP contribution in [0.5, 0.6) is 0 Å². The Morgan fingerprint density at radius 3 is 2.42 bits per heavy atom. The normalized spacial score (nSPS) is 21.3. The summed E-state index contributed by atoms with van der Waals surface area (Å²) in [5.74, 6) is -0.997. The summed E-state index contributed by atoms with van der Waals surface area (Å²) in [5.41, 5.74) is 7.85. The van der Waals surface area contributed by atoms with Crippen LogP contribution in [0.1, 0.15) is 46.6 Å². The molecule has 0 radical (unpaired) electrons. The van der Waals surface area contributed by atoms with Gasteiger partial charge in [-0.05, 0) is 60.6 Å². The molecule has 0 fully saturated rings. The fraction of sp³-hybridized carbons (Fsp3) is 0.480. The lowest BCUT2D eigenvalue weighted by molar-refractivity contribution is -0.143. The maximum Gasteiger partial charge on any atom is 0.317 e. The molecule has 7 nitrogen and oxygen atoms in total. The summed E-state index contributed by atoms with van der Waals surface area (Å²) in [6.07, 6.45) is 4.46. The standard InChI is InChI=1S/C25H33N3O4S/c1-16(2)28-22-13-17-11-12-27(15-21(17)23(24(29)32-6)20(22)14-26-28)33(30,31)19-9-7-18(8-10-19)25(3,4)5/h7-10,13-14,16,23,26H,11-12,15H2,1-6H3/t23-/m0/s1. The molecule has 33 heavy (non-hydrogen) atoms. The van der Waals surface area contributed by atoms with E-state index < -0.39 is 15.9 Å². The van der Waals surface area contributed by atoms with E-state index in [0.29, 0.717) is 13.0 Å². The second-order valence-electron chi connectivity index (χ2n) is 10.1. The zero-order valence-electron chi connectivity index (χ0n) is 20.2. The van der Waals surface area contributed by atoms with Gasteiger partial charge in [-0.25, -0.2) is 8.42 Å². The molecule has 0 bridgehead atoms. The highest BCUT2D eigenvalue weighted by Crippen LogP contribution is 2.42. The third-order valence-corrected chi connectivity index (χ3v) is 8.45. The Bertz CT molecular complexity index is 1160. The van der Waals surface area contributed by atoms with E-state index in [0.717, 1.165) is 28.0 Å². The number of benzene rings is 1. The molecule has 1 aromatic carbocycles. The molecule has 2 heterocycles. The van der Waals surface area contributed by atoms with E-state index in [1.54, 1.807) is 12.1 Å². The van der Waals surface area contributed by atoms with Crippen molar-refractivity contribution < 1.29 is 17.9 Å². The molecule has 3 aliphatic rings. The van der Waals surface area contributed by atoms with E-state index >= 15 is 0 Å². The van der Waals surface area contributed by atoms with Crippen molar-refractivity contribution in [3.63, 3.8) is 0 Å². The summed E-state index contributed by atoms with van der Waals surface area (Å²) in [6.45, 7) is 11.0. The van der Waals surface area contributed by atoms with Crippen LogP contribution in [0.15, 0.2) is 63.9 Å². The summed E-state index contributed by atoms with van der Waals surface area (Å²) in [6, 6.07) is 7.32. The van der Waals surface area contributed by atoms with Crippen LogP contribution in [0.25, 0.3) is 0 Å². The van der Waals surface area contributed by atoms with Gasteiger partial charge in [-0.3, -0.25) is 9.80 Å². The van der Waals surface area contributed by atoms with Crippen molar-refractivity contribution in [3.8, 4) is 0 Å². The summed E-state index contributed by atoms with van der Waals surface area (Å²) >= 11 is 0. The van der Waals surface area contributed by atoms with Gasteiger partial charge >= 0.3 is 5.97 Å². The molecule has 1 N–H and O–H groups in total. The molecule has 0 saturated heterocycles. The van der Waals surface area contributed by atoms with Crippen molar-refractivity contribution in [2.75, 3.05) is 20.2 Å². The summed E-state index contributed by atoms with van der Waals surface area (Å²) in [7, 11) is -2.32. The number of ether oxygens (including phenoxy) is 1. The first-order valence-corrected chi connectivity index (χ1v) is 12.8. The van der Waals surface area contributed by atoms with E-state index in [9.17, 15) is 13.2 Å². The van der Waals surface area contributed by atoms with Crippen molar-refractivity contribution in [2.24, 2.45) is 5.92 Å². The lowest BCUT2D eigenvalue weighted by atomic mass is 9.79. The van der Waals surface area contributed by atoms with Crippen LogP contribution in [-0.2, 0) is 25.0 Å². The Morgan fingerprint density at radius 1 is 1.18 bits per heavy atom. The lowest BCUT2D eigenvalue weighted by Crippen LogP contribution is -2.42. The summed E-state index contributed by atoms with van der Waals surface area (Å²) < 4.78 is 33.6. The number of rotatable bonds is 4. The third-order valence-electron chi connectivity index (χ3n) is 6.59. The SMILES string of the molecule is COC(=O)[C@H]1C2=CNN(C(C)C)C2=CC2=C1CN(S(=O)(=O)c1ccc(C(C)(C)C)cc1)CC2. The van der Waals surface area contributed by atoms with Crippen molar-refractivity contribution in [1.29, 1.82) is 0 Å². The molecule has 178 valence electrons. The Morgan fingerprint density at radius 2 is 1.85 bits per heavy atom. The summed E-state index contributed by atoms with van der Waals surface area (Å²) in [4.78, 5) is 13.1. The average Bonchev–Trinajstić information content (AvgIpc) is 3.19. The first kappa shape index (κ1) is 23.6. The van der Waals surface area contributed by atoms with Gasteiger partial charge in [0.05, 0.1) is 17.7 Å². The maximum absolute atomic E-state index is 13.5. The molecule has 0 amide bonds. The number of hydrogen-bond acceptors (Lipinski definition) is 6. The Labute approximate surface area is 196 Å². The molecule has 1 aromatic rings. The van der Waals surface area contributed by atoms with Crippen molar-refractivity contribution >= 4 is 16.0 Å². The molecule has 0 saturated carbocycles. The van der Waals surface area contributed by atoms with Crippen LogP contribution >= 0.6 is 0 Å². The maximum atomic E-state index is 13.5. The number of allylic oxidation sites excluding steroid dienone is 2. The number of carbonyl (C=O) groups excluding carboxylic acids is 1. The number of hydrogen-bond donors (Lipinski definition) is 1. The van der Waals surface area contributed by atoms with E-state index in [1.807, 2.05) is 23.3 Å². The van der Waals surface area contributed by atoms with Crippen LogP contribution in [0.2, 0.25) is 0 Å². The van der Waals surface area contributed by atoms with E-state index in [2.05, 4.69) is 46.1 Å². The molecular weight excluding hydrogens is 438 g/mol.